The fourth-order valence-corrected chi connectivity index (χ4v) is 7.07. The van der Waals surface area contributed by atoms with E-state index in [1.165, 1.54) is 0 Å². The molecule has 0 bridgehead atoms. The summed E-state index contributed by atoms with van der Waals surface area (Å²) in [7, 11) is 0. The van der Waals surface area contributed by atoms with Crippen LogP contribution in [0, 0.1) is 0 Å². The lowest BCUT2D eigenvalue weighted by Gasteiger charge is -2.26. The molecule has 0 saturated carbocycles. The number of phenolic OH excluding ortho intramolecular Hbond substituents is 1. The van der Waals surface area contributed by atoms with E-state index < -0.39 is 12.1 Å². The van der Waals surface area contributed by atoms with E-state index in [1.807, 2.05) is 159 Å². The Labute approximate surface area is 341 Å². The van der Waals surface area contributed by atoms with Crippen LogP contribution in [0.15, 0.2) is 152 Å². The second-order valence-corrected chi connectivity index (χ2v) is 14.3. The Morgan fingerprint density at radius 1 is 0.552 bits per heavy atom. The maximum absolute atomic E-state index is 11.4. The van der Waals surface area contributed by atoms with Crippen LogP contribution >= 0.6 is 0 Å². The van der Waals surface area contributed by atoms with Crippen LogP contribution in [0.3, 0.4) is 0 Å². The second-order valence-electron chi connectivity index (χ2n) is 14.3. The van der Waals surface area contributed by atoms with Gasteiger partial charge in [0, 0.05) is 30.7 Å². The predicted octanol–water partition coefficient (Wildman–Crippen LogP) is 11.3. The van der Waals surface area contributed by atoms with Crippen LogP contribution in [0.2, 0.25) is 0 Å². The molecule has 1 aliphatic rings. The molecule has 0 radical (unpaired) electrons. The van der Waals surface area contributed by atoms with Crippen LogP contribution < -0.4 is 18.9 Å². The van der Waals surface area contributed by atoms with Crippen LogP contribution in [-0.2, 0) is 47.1 Å². The first-order valence-corrected chi connectivity index (χ1v) is 20.2. The maximum Gasteiger partial charge on any atom is 0.283 e. The SMILES string of the molecule is CCOC1(CC)OC(CCCc2c(O)cc(OCc3ccccc3)cc2OCc2ccccc2)C(c2ccc(OCc3ccccc3)c(OCc3ccccc3)c2)O1. The smallest absolute Gasteiger partial charge is 0.283 e. The Kier molecular flexibility index (Phi) is 14.0. The minimum atomic E-state index is -1.19. The van der Waals surface area contributed by atoms with Crippen molar-refractivity contribution in [2.75, 3.05) is 6.61 Å². The van der Waals surface area contributed by atoms with E-state index in [4.69, 9.17) is 33.2 Å². The largest absolute Gasteiger partial charge is 0.507 e. The molecule has 0 aliphatic carbocycles. The van der Waals surface area contributed by atoms with Crippen molar-refractivity contribution in [2.45, 2.75) is 84.1 Å². The van der Waals surface area contributed by atoms with Crippen molar-refractivity contribution in [3.05, 3.63) is 185 Å². The van der Waals surface area contributed by atoms with Crippen molar-refractivity contribution in [3.8, 4) is 28.7 Å². The predicted molar refractivity (Wildman–Crippen MR) is 224 cm³/mol. The van der Waals surface area contributed by atoms with Gasteiger partial charge in [-0.2, -0.15) is 0 Å². The fraction of sp³-hybridized carbons (Fsp3) is 0.280. The van der Waals surface area contributed by atoms with Gasteiger partial charge in [-0.25, -0.2) is 0 Å². The monoisotopic (exact) mass is 780 g/mol. The first-order valence-electron chi connectivity index (χ1n) is 20.2. The van der Waals surface area contributed by atoms with E-state index >= 15 is 0 Å². The third-order valence-corrected chi connectivity index (χ3v) is 10.1. The van der Waals surface area contributed by atoms with Gasteiger partial charge in [0.25, 0.3) is 5.97 Å². The Balaban J connectivity index is 1.11. The molecule has 1 N–H and O–H groups in total. The summed E-state index contributed by atoms with van der Waals surface area (Å²) in [6, 6.07) is 49.6. The molecule has 6 aromatic carbocycles. The minimum Gasteiger partial charge on any atom is -0.507 e. The van der Waals surface area contributed by atoms with Gasteiger partial charge in [-0.05, 0) is 66.1 Å². The van der Waals surface area contributed by atoms with Gasteiger partial charge in [0.2, 0.25) is 0 Å². The topological polar surface area (TPSA) is 84.8 Å². The normalized spacial score (nSPS) is 17.5. The van der Waals surface area contributed by atoms with Gasteiger partial charge < -0.3 is 38.3 Å². The van der Waals surface area contributed by atoms with Crippen molar-refractivity contribution in [2.24, 2.45) is 0 Å². The molecule has 8 heteroatoms. The molecule has 6 aromatic rings. The van der Waals surface area contributed by atoms with Crippen LogP contribution in [0.25, 0.3) is 0 Å². The highest BCUT2D eigenvalue weighted by molar-refractivity contribution is 5.50. The second kappa shape index (κ2) is 20.1. The molecular weight excluding hydrogens is 729 g/mol. The highest BCUT2D eigenvalue weighted by Crippen LogP contribution is 2.45. The highest BCUT2D eigenvalue weighted by Gasteiger charge is 2.48. The Morgan fingerprint density at radius 2 is 1.07 bits per heavy atom. The molecule has 0 aromatic heterocycles. The summed E-state index contributed by atoms with van der Waals surface area (Å²) < 4.78 is 44.8. The maximum atomic E-state index is 11.4. The summed E-state index contributed by atoms with van der Waals surface area (Å²) in [6.07, 6.45) is 1.53. The number of benzene rings is 6. The van der Waals surface area contributed by atoms with Gasteiger partial charge in [-0.1, -0.05) is 134 Å². The van der Waals surface area contributed by atoms with Crippen molar-refractivity contribution >= 4 is 0 Å². The molecular formula is C50H52O8. The molecule has 3 unspecified atom stereocenters. The zero-order valence-corrected chi connectivity index (χ0v) is 33.3. The van der Waals surface area contributed by atoms with E-state index in [2.05, 4.69) is 0 Å². The van der Waals surface area contributed by atoms with Gasteiger partial charge in [0.15, 0.2) is 11.5 Å². The highest BCUT2D eigenvalue weighted by atomic mass is 16.9. The molecule has 3 atom stereocenters. The van der Waals surface area contributed by atoms with E-state index in [0.29, 0.717) is 87.3 Å². The Morgan fingerprint density at radius 3 is 1.60 bits per heavy atom. The Bertz CT molecular complexity index is 2150. The summed E-state index contributed by atoms with van der Waals surface area (Å²) in [5.74, 6) is 1.30. The van der Waals surface area contributed by atoms with Gasteiger partial charge in [-0.15, -0.1) is 0 Å². The van der Waals surface area contributed by atoms with Crippen molar-refractivity contribution in [3.63, 3.8) is 0 Å². The van der Waals surface area contributed by atoms with E-state index in [-0.39, 0.29) is 11.9 Å². The molecule has 0 amide bonds. The fourth-order valence-electron chi connectivity index (χ4n) is 7.07. The number of hydrogen-bond donors (Lipinski definition) is 1. The van der Waals surface area contributed by atoms with E-state index in [0.717, 1.165) is 27.8 Å². The summed E-state index contributed by atoms with van der Waals surface area (Å²) in [5, 5.41) is 11.4. The minimum absolute atomic E-state index is 0.122. The van der Waals surface area contributed by atoms with Crippen molar-refractivity contribution < 1.29 is 38.3 Å². The summed E-state index contributed by atoms with van der Waals surface area (Å²) in [6.45, 7) is 5.87. The van der Waals surface area contributed by atoms with E-state index in [1.54, 1.807) is 6.07 Å². The quantitative estimate of drug-likeness (QED) is 0.0820. The molecule has 58 heavy (non-hydrogen) atoms. The zero-order valence-electron chi connectivity index (χ0n) is 33.3. The van der Waals surface area contributed by atoms with Crippen LogP contribution in [-0.4, -0.2) is 23.8 Å². The first-order chi connectivity index (χ1) is 28.5. The molecule has 7 rings (SSSR count). The van der Waals surface area contributed by atoms with E-state index in [9.17, 15) is 5.11 Å². The molecule has 300 valence electrons. The summed E-state index contributed by atoms with van der Waals surface area (Å²) in [5.41, 5.74) is 5.77. The lowest BCUT2D eigenvalue weighted by atomic mass is 9.97. The van der Waals surface area contributed by atoms with Gasteiger partial charge in [-0.3, -0.25) is 0 Å². The number of hydrogen-bond acceptors (Lipinski definition) is 8. The van der Waals surface area contributed by atoms with Crippen LogP contribution in [0.5, 0.6) is 28.7 Å². The lowest BCUT2D eigenvalue weighted by Crippen LogP contribution is -2.33. The van der Waals surface area contributed by atoms with Crippen molar-refractivity contribution in [1.82, 2.24) is 0 Å². The molecule has 1 saturated heterocycles. The number of rotatable bonds is 20. The molecule has 1 aliphatic heterocycles. The Hall–Kier alpha value is -5.80. The van der Waals surface area contributed by atoms with Gasteiger partial charge in [0.1, 0.15) is 49.8 Å². The third-order valence-electron chi connectivity index (χ3n) is 10.1. The molecule has 8 nitrogen and oxygen atoms in total. The average Bonchev–Trinajstić information content (AvgIpc) is 3.64. The average molecular weight is 781 g/mol. The molecule has 1 heterocycles. The molecule has 1 fully saturated rings. The standard InChI is InChI=1S/C50H52O8/c1-3-50(56-4-2)57-46(49(58-50)41-28-29-45(53-34-38-20-11-6-12-21-38)48(30-41)55-36-40-24-15-8-16-25-40)27-17-26-43-44(51)31-42(52-33-37-18-9-5-10-19-37)32-47(43)54-35-39-22-13-7-14-23-39/h5-16,18-25,28-32,46,49,51H,3-4,17,26-27,33-36H2,1-2H3. The third kappa shape index (κ3) is 10.8. The number of aromatic hydroxyl groups is 1. The zero-order chi connectivity index (χ0) is 40.0. The first kappa shape index (κ1) is 40.4. The molecule has 0 spiro atoms. The van der Waals surface area contributed by atoms with Crippen LogP contribution in [0.4, 0.5) is 0 Å². The summed E-state index contributed by atoms with van der Waals surface area (Å²) >= 11 is 0. The lowest BCUT2D eigenvalue weighted by molar-refractivity contribution is -0.342. The number of ether oxygens (including phenoxy) is 7. The summed E-state index contributed by atoms with van der Waals surface area (Å²) in [4.78, 5) is 0. The van der Waals surface area contributed by atoms with Gasteiger partial charge in [0.05, 0.1) is 6.10 Å². The van der Waals surface area contributed by atoms with Crippen molar-refractivity contribution in [1.29, 1.82) is 0 Å². The van der Waals surface area contributed by atoms with Gasteiger partial charge >= 0.3 is 0 Å². The number of phenols is 1. The van der Waals surface area contributed by atoms with Crippen LogP contribution in [0.1, 0.15) is 72.6 Å².